The van der Waals surface area contributed by atoms with E-state index >= 15 is 0 Å². The van der Waals surface area contributed by atoms with E-state index in [-0.39, 0.29) is 18.3 Å². The molecule has 0 aliphatic heterocycles. The fraction of sp³-hybridized carbons (Fsp3) is 0.261. The molecule has 9 nitrogen and oxygen atoms in total. The van der Waals surface area contributed by atoms with Crippen LogP contribution in [0, 0.1) is 0 Å². The minimum absolute atomic E-state index is 0.0999. The molecule has 0 saturated heterocycles. The quantitative estimate of drug-likeness (QED) is 0.285. The largest absolute Gasteiger partial charge is 0.497 e. The average Bonchev–Trinajstić information content (AvgIpc) is 3.24. The van der Waals surface area contributed by atoms with Gasteiger partial charge < -0.3 is 24.3 Å². The minimum atomic E-state index is -0.253. The first kappa shape index (κ1) is 25.3. The molecule has 34 heavy (non-hydrogen) atoms. The number of methoxy groups -OCH3 is 3. The van der Waals surface area contributed by atoms with Crippen molar-refractivity contribution in [3.8, 4) is 23.0 Å². The zero-order chi connectivity index (χ0) is 24.5. The second-order valence-electron chi connectivity index (χ2n) is 6.79. The zero-order valence-electron chi connectivity index (χ0n) is 19.0. The van der Waals surface area contributed by atoms with Crippen LogP contribution in [0.1, 0.15) is 5.82 Å². The molecule has 3 aromatic rings. The van der Waals surface area contributed by atoms with Gasteiger partial charge in [0.2, 0.25) is 5.91 Å². The number of amides is 1. The highest BCUT2D eigenvalue weighted by Gasteiger charge is 2.16. The fourth-order valence-electron chi connectivity index (χ4n) is 2.94. The molecule has 1 amide bonds. The van der Waals surface area contributed by atoms with Crippen molar-refractivity contribution in [1.82, 2.24) is 14.8 Å². The number of carbonyl (C=O) groups is 1. The molecule has 0 unspecified atom stereocenters. The summed E-state index contributed by atoms with van der Waals surface area (Å²) < 4.78 is 23.3. The van der Waals surface area contributed by atoms with Gasteiger partial charge >= 0.3 is 0 Å². The number of rotatable bonds is 12. The highest BCUT2D eigenvalue weighted by atomic mass is 35.5. The van der Waals surface area contributed by atoms with E-state index in [0.717, 1.165) is 5.75 Å². The molecule has 1 N–H and O–H groups in total. The predicted molar refractivity (Wildman–Crippen MR) is 131 cm³/mol. The van der Waals surface area contributed by atoms with Gasteiger partial charge in [-0.15, -0.1) is 16.8 Å². The molecule has 0 aliphatic carbocycles. The number of aromatic nitrogens is 3. The molecule has 0 saturated carbocycles. The fourth-order valence-corrected chi connectivity index (χ4v) is 3.94. The second-order valence-corrected chi connectivity index (χ2v) is 8.14. The summed E-state index contributed by atoms with van der Waals surface area (Å²) in [5.41, 5.74) is 0.454. The lowest BCUT2D eigenvalue weighted by molar-refractivity contribution is -0.113. The molecular weight excluding hydrogens is 480 g/mol. The molecular formula is C23H25ClN4O5S. The number of allylic oxidation sites excluding steroid dienone is 1. The van der Waals surface area contributed by atoms with Crippen LogP contribution in [0.15, 0.2) is 54.2 Å². The average molecular weight is 505 g/mol. The summed E-state index contributed by atoms with van der Waals surface area (Å²) in [5, 5.41) is 12.2. The van der Waals surface area contributed by atoms with Crippen molar-refractivity contribution in [3.05, 3.63) is 59.9 Å². The Morgan fingerprint density at radius 1 is 1.09 bits per heavy atom. The Morgan fingerprint density at radius 2 is 1.79 bits per heavy atom. The van der Waals surface area contributed by atoms with E-state index in [1.54, 1.807) is 25.3 Å². The Bertz CT molecular complexity index is 1140. The van der Waals surface area contributed by atoms with Gasteiger partial charge in [-0.05, 0) is 24.3 Å². The molecule has 0 atom stereocenters. The molecule has 0 bridgehead atoms. The second kappa shape index (κ2) is 12.2. The highest BCUT2D eigenvalue weighted by Crippen LogP contribution is 2.36. The van der Waals surface area contributed by atoms with E-state index in [1.807, 2.05) is 28.8 Å². The molecule has 180 valence electrons. The number of nitrogens with zero attached hydrogens (tertiary/aromatic N) is 3. The summed E-state index contributed by atoms with van der Waals surface area (Å²) in [5.74, 6) is 2.74. The Hall–Kier alpha value is -3.37. The summed E-state index contributed by atoms with van der Waals surface area (Å²) in [6, 6.07) is 10.4. The Morgan fingerprint density at radius 3 is 2.44 bits per heavy atom. The van der Waals surface area contributed by atoms with Gasteiger partial charge in [0, 0.05) is 18.7 Å². The van der Waals surface area contributed by atoms with E-state index in [9.17, 15) is 4.79 Å². The maximum Gasteiger partial charge on any atom is 0.234 e. The molecule has 1 heterocycles. The number of ether oxygens (including phenoxy) is 4. The molecule has 0 radical (unpaired) electrons. The van der Waals surface area contributed by atoms with Gasteiger partial charge in [0.05, 0.1) is 37.8 Å². The van der Waals surface area contributed by atoms with Crippen LogP contribution in [0.3, 0.4) is 0 Å². The van der Waals surface area contributed by atoms with Crippen LogP contribution < -0.4 is 24.3 Å². The normalized spacial score (nSPS) is 10.5. The number of nitrogens with one attached hydrogen (secondary N) is 1. The lowest BCUT2D eigenvalue weighted by Crippen LogP contribution is -2.15. The van der Waals surface area contributed by atoms with Gasteiger partial charge in [-0.2, -0.15) is 0 Å². The molecule has 0 fully saturated rings. The molecule has 0 spiro atoms. The van der Waals surface area contributed by atoms with Gasteiger partial charge in [0.1, 0.15) is 29.6 Å². The van der Waals surface area contributed by atoms with Gasteiger partial charge in [0.25, 0.3) is 0 Å². The van der Waals surface area contributed by atoms with Gasteiger partial charge in [0.15, 0.2) is 11.0 Å². The van der Waals surface area contributed by atoms with Crippen LogP contribution in [0.4, 0.5) is 5.69 Å². The number of carbonyl (C=O) groups excluding carboxylic acids is 1. The van der Waals surface area contributed by atoms with Gasteiger partial charge in [-0.1, -0.05) is 29.4 Å². The number of anilines is 1. The Kier molecular flexibility index (Phi) is 9.06. The topological polar surface area (TPSA) is 96.7 Å². The van der Waals surface area contributed by atoms with E-state index in [2.05, 4.69) is 22.1 Å². The summed E-state index contributed by atoms with van der Waals surface area (Å²) in [6.07, 6.45) is 1.73. The monoisotopic (exact) mass is 504 g/mol. The van der Waals surface area contributed by atoms with Crippen LogP contribution in [0.2, 0.25) is 5.02 Å². The smallest absolute Gasteiger partial charge is 0.234 e. The molecule has 11 heteroatoms. The summed E-state index contributed by atoms with van der Waals surface area (Å²) in [6.45, 7) is 4.48. The summed E-state index contributed by atoms with van der Waals surface area (Å²) in [7, 11) is 4.60. The van der Waals surface area contributed by atoms with E-state index in [1.165, 1.54) is 26.0 Å². The molecule has 2 aromatic carbocycles. The van der Waals surface area contributed by atoms with E-state index < -0.39 is 0 Å². The number of hydrogen-bond acceptors (Lipinski definition) is 8. The number of thioether (sulfide) groups is 1. The van der Waals surface area contributed by atoms with Crippen molar-refractivity contribution in [3.63, 3.8) is 0 Å². The van der Waals surface area contributed by atoms with E-state index in [4.69, 9.17) is 30.5 Å². The third-order valence-corrected chi connectivity index (χ3v) is 5.88. The lowest BCUT2D eigenvalue weighted by Gasteiger charge is -2.13. The summed E-state index contributed by atoms with van der Waals surface area (Å²) >= 11 is 7.37. The number of benzene rings is 2. The first-order valence-corrected chi connectivity index (χ1v) is 11.5. The van der Waals surface area contributed by atoms with Crippen molar-refractivity contribution >= 4 is 35.0 Å². The maximum atomic E-state index is 12.6. The van der Waals surface area contributed by atoms with Crippen LogP contribution in [-0.2, 0) is 17.9 Å². The maximum absolute atomic E-state index is 12.6. The number of halogens is 1. The van der Waals surface area contributed by atoms with Crippen molar-refractivity contribution in [1.29, 1.82) is 0 Å². The lowest BCUT2D eigenvalue weighted by atomic mass is 10.2. The van der Waals surface area contributed by atoms with Crippen molar-refractivity contribution in [2.24, 2.45) is 0 Å². The Labute approximate surface area is 207 Å². The van der Waals surface area contributed by atoms with Crippen molar-refractivity contribution in [2.45, 2.75) is 18.3 Å². The Balaban J connectivity index is 1.64. The predicted octanol–water partition coefficient (Wildman–Crippen LogP) is 4.45. The highest BCUT2D eigenvalue weighted by molar-refractivity contribution is 7.99. The van der Waals surface area contributed by atoms with Crippen LogP contribution in [0.5, 0.6) is 23.0 Å². The van der Waals surface area contributed by atoms with Crippen LogP contribution >= 0.6 is 23.4 Å². The third kappa shape index (κ3) is 6.36. The zero-order valence-corrected chi connectivity index (χ0v) is 20.6. The van der Waals surface area contributed by atoms with Gasteiger partial charge in [-0.25, -0.2) is 0 Å². The van der Waals surface area contributed by atoms with Gasteiger partial charge in [-0.3, -0.25) is 9.36 Å². The van der Waals surface area contributed by atoms with E-state index in [0.29, 0.717) is 45.5 Å². The number of hydrogen-bond donors (Lipinski definition) is 1. The molecule has 0 aliphatic rings. The molecule has 1 aromatic heterocycles. The third-order valence-electron chi connectivity index (χ3n) is 4.61. The van der Waals surface area contributed by atoms with Crippen molar-refractivity contribution < 1.29 is 23.7 Å². The first-order valence-electron chi connectivity index (χ1n) is 10.1. The van der Waals surface area contributed by atoms with Crippen LogP contribution in [0.25, 0.3) is 0 Å². The SMILES string of the molecule is C=CCn1c(COc2ccc(OC)cc2)nnc1SCC(=O)Nc1cc(OC)c(Cl)cc1OC. The van der Waals surface area contributed by atoms with Crippen LogP contribution in [-0.4, -0.2) is 47.8 Å². The summed E-state index contributed by atoms with van der Waals surface area (Å²) in [4.78, 5) is 12.6. The molecule has 3 rings (SSSR count). The minimum Gasteiger partial charge on any atom is -0.497 e. The van der Waals surface area contributed by atoms with Crippen molar-refractivity contribution in [2.75, 3.05) is 32.4 Å². The standard InChI is InChI=1S/C23H25ClN4O5S/c1-5-10-28-21(13-33-16-8-6-15(30-2)7-9-16)26-27-23(28)34-14-22(29)25-18-12-19(31-3)17(24)11-20(18)32-4/h5-9,11-12H,1,10,13-14H2,2-4H3,(H,25,29). The first-order chi connectivity index (χ1) is 16.5.